The summed E-state index contributed by atoms with van der Waals surface area (Å²) in [6.07, 6.45) is 2.53. The van der Waals surface area contributed by atoms with Crippen molar-refractivity contribution in [1.82, 2.24) is 15.1 Å². The molecule has 0 aliphatic carbocycles. The molecule has 1 N–H and O–H groups in total. The van der Waals surface area contributed by atoms with E-state index in [9.17, 15) is 4.79 Å². The molecule has 0 saturated heterocycles. The Bertz CT molecular complexity index is 309. The van der Waals surface area contributed by atoms with Gasteiger partial charge in [0, 0.05) is 24.6 Å². The zero-order valence-corrected chi connectivity index (χ0v) is 9.91. The van der Waals surface area contributed by atoms with Crippen LogP contribution in [0, 0.1) is 0 Å². The quantitative estimate of drug-likeness (QED) is 0.830. The maximum Gasteiger partial charge on any atom is 0.269 e. The summed E-state index contributed by atoms with van der Waals surface area (Å²) >= 11 is 3.42. The van der Waals surface area contributed by atoms with Gasteiger partial charge in [0.15, 0.2) is 0 Å². The first-order valence-electron chi connectivity index (χ1n) is 4.51. The lowest BCUT2D eigenvalue weighted by Gasteiger charge is -2.06. The fourth-order valence-corrected chi connectivity index (χ4v) is 1.30. The van der Waals surface area contributed by atoms with Crippen molar-refractivity contribution in [3.8, 4) is 0 Å². The van der Waals surface area contributed by atoms with E-state index in [2.05, 4.69) is 33.3 Å². The van der Waals surface area contributed by atoms with Crippen molar-refractivity contribution in [2.45, 2.75) is 18.2 Å². The summed E-state index contributed by atoms with van der Waals surface area (Å²) < 4.78 is 1.56. The molecular weight excluding hydrogens is 246 g/mol. The number of aromatic nitrogens is 2. The number of hydrogen-bond donors (Lipinski definition) is 1. The Kier molecular flexibility index (Phi) is 4.13. The Morgan fingerprint density at radius 1 is 1.79 bits per heavy atom. The van der Waals surface area contributed by atoms with Crippen molar-refractivity contribution < 1.29 is 4.79 Å². The molecule has 0 aliphatic heterocycles. The van der Waals surface area contributed by atoms with Crippen LogP contribution in [0.2, 0.25) is 0 Å². The number of hydrogen-bond acceptors (Lipinski definition) is 2. The van der Waals surface area contributed by atoms with Crippen molar-refractivity contribution in [3.05, 3.63) is 18.0 Å². The van der Waals surface area contributed by atoms with Gasteiger partial charge in [-0.3, -0.25) is 9.48 Å². The summed E-state index contributed by atoms with van der Waals surface area (Å²) in [5.74, 6) is -0.0712. The molecule has 1 unspecified atom stereocenters. The molecule has 0 radical (unpaired) electrons. The largest absolute Gasteiger partial charge is 0.351 e. The highest BCUT2D eigenvalue weighted by molar-refractivity contribution is 9.09. The predicted octanol–water partition coefficient (Wildman–Crippen LogP) is 1.32. The summed E-state index contributed by atoms with van der Waals surface area (Å²) in [5.41, 5.74) is 0.590. The van der Waals surface area contributed by atoms with Gasteiger partial charge in [-0.1, -0.05) is 22.9 Å². The average Bonchev–Trinajstić information content (AvgIpc) is 2.50. The number of rotatable bonds is 4. The summed E-state index contributed by atoms with van der Waals surface area (Å²) in [4.78, 5) is 11.9. The van der Waals surface area contributed by atoms with Crippen LogP contribution in [0.15, 0.2) is 12.3 Å². The Labute approximate surface area is 91.8 Å². The number of carbonyl (C=O) groups excluding carboxylic acids is 1. The second-order valence-corrected chi connectivity index (χ2v) is 4.73. The summed E-state index contributed by atoms with van der Waals surface area (Å²) in [6, 6.07) is 1.70. The number of nitrogens with zero attached hydrogens (tertiary/aromatic N) is 2. The Morgan fingerprint density at radius 2 is 2.50 bits per heavy atom. The smallest absolute Gasteiger partial charge is 0.269 e. The number of aryl methyl sites for hydroxylation is 1. The lowest BCUT2D eigenvalue weighted by molar-refractivity contribution is 0.0944. The molecule has 1 rings (SSSR count). The SMILES string of the molecule is CC(Br)CCNC(=O)c1ccnn1C. The van der Waals surface area contributed by atoms with Crippen molar-refractivity contribution in [3.63, 3.8) is 0 Å². The van der Waals surface area contributed by atoms with E-state index in [1.54, 1.807) is 24.0 Å². The molecule has 0 aromatic carbocycles. The molecule has 1 atom stereocenters. The van der Waals surface area contributed by atoms with Crippen LogP contribution >= 0.6 is 15.9 Å². The van der Waals surface area contributed by atoms with Crippen molar-refractivity contribution >= 4 is 21.8 Å². The highest BCUT2D eigenvalue weighted by Gasteiger charge is 2.08. The van der Waals surface area contributed by atoms with Gasteiger partial charge in [0.2, 0.25) is 0 Å². The van der Waals surface area contributed by atoms with Crippen LogP contribution in [0.1, 0.15) is 23.8 Å². The molecule has 0 bridgehead atoms. The first-order valence-corrected chi connectivity index (χ1v) is 5.43. The number of nitrogens with one attached hydrogen (secondary N) is 1. The minimum Gasteiger partial charge on any atom is -0.351 e. The van der Waals surface area contributed by atoms with Gasteiger partial charge in [-0.15, -0.1) is 0 Å². The average molecular weight is 260 g/mol. The van der Waals surface area contributed by atoms with Gasteiger partial charge in [-0.25, -0.2) is 0 Å². The van der Waals surface area contributed by atoms with Crippen molar-refractivity contribution in [1.29, 1.82) is 0 Å². The number of amides is 1. The van der Waals surface area contributed by atoms with Crippen LogP contribution in [0.25, 0.3) is 0 Å². The minimum atomic E-state index is -0.0712. The number of halogens is 1. The third-order valence-corrected chi connectivity index (χ3v) is 2.34. The van der Waals surface area contributed by atoms with Crippen LogP contribution in [0.5, 0.6) is 0 Å². The molecule has 1 aromatic heterocycles. The highest BCUT2D eigenvalue weighted by atomic mass is 79.9. The van der Waals surface area contributed by atoms with Crippen LogP contribution < -0.4 is 5.32 Å². The molecule has 0 fully saturated rings. The van der Waals surface area contributed by atoms with Gasteiger partial charge < -0.3 is 5.32 Å². The lowest BCUT2D eigenvalue weighted by atomic mass is 10.3. The Hall–Kier alpha value is -0.840. The summed E-state index contributed by atoms with van der Waals surface area (Å²) in [5, 5.41) is 6.75. The molecule has 0 saturated carbocycles. The summed E-state index contributed by atoms with van der Waals surface area (Å²) in [7, 11) is 1.75. The second kappa shape index (κ2) is 5.14. The standard InChI is InChI=1S/C9H14BrN3O/c1-7(10)3-5-11-9(14)8-4-6-12-13(8)2/h4,6-7H,3,5H2,1-2H3,(H,11,14). The van der Waals surface area contributed by atoms with E-state index in [-0.39, 0.29) is 5.91 Å². The zero-order valence-electron chi connectivity index (χ0n) is 8.33. The molecule has 0 spiro atoms. The van der Waals surface area contributed by atoms with Gasteiger partial charge in [-0.05, 0) is 12.5 Å². The molecule has 14 heavy (non-hydrogen) atoms. The minimum absolute atomic E-state index is 0.0712. The van der Waals surface area contributed by atoms with Crippen LogP contribution in [-0.4, -0.2) is 27.1 Å². The van der Waals surface area contributed by atoms with E-state index >= 15 is 0 Å². The molecule has 5 heteroatoms. The predicted molar refractivity (Wildman–Crippen MR) is 58.5 cm³/mol. The van der Waals surface area contributed by atoms with Gasteiger partial charge in [0.25, 0.3) is 5.91 Å². The third kappa shape index (κ3) is 3.14. The van der Waals surface area contributed by atoms with Crippen LogP contribution in [0.3, 0.4) is 0 Å². The molecule has 4 nitrogen and oxygen atoms in total. The topological polar surface area (TPSA) is 46.9 Å². The maximum absolute atomic E-state index is 11.5. The summed E-state index contributed by atoms with van der Waals surface area (Å²) in [6.45, 7) is 2.73. The van der Waals surface area contributed by atoms with Gasteiger partial charge >= 0.3 is 0 Å². The molecule has 1 heterocycles. The fourth-order valence-electron chi connectivity index (χ4n) is 1.07. The van der Waals surface area contributed by atoms with E-state index in [4.69, 9.17) is 0 Å². The molecule has 1 aromatic rings. The van der Waals surface area contributed by atoms with Crippen LogP contribution in [0.4, 0.5) is 0 Å². The monoisotopic (exact) mass is 259 g/mol. The highest BCUT2D eigenvalue weighted by Crippen LogP contribution is 2.01. The van der Waals surface area contributed by atoms with E-state index in [1.807, 2.05) is 0 Å². The number of carbonyl (C=O) groups is 1. The third-order valence-electron chi connectivity index (χ3n) is 1.88. The first kappa shape index (κ1) is 11.2. The maximum atomic E-state index is 11.5. The lowest BCUT2D eigenvalue weighted by Crippen LogP contribution is -2.27. The second-order valence-electron chi connectivity index (χ2n) is 3.17. The first-order chi connectivity index (χ1) is 6.61. The van der Waals surface area contributed by atoms with E-state index in [1.165, 1.54) is 0 Å². The van der Waals surface area contributed by atoms with Crippen molar-refractivity contribution in [2.24, 2.45) is 7.05 Å². The van der Waals surface area contributed by atoms with Crippen molar-refractivity contribution in [2.75, 3.05) is 6.54 Å². The van der Waals surface area contributed by atoms with Gasteiger partial charge in [0.1, 0.15) is 5.69 Å². The molecule has 78 valence electrons. The zero-order chi connectivity index (χ0) is 10.6. The van der Waals surface area contributed by atoms with E-state index < -0.39 is 0 Å². The van der Waals surface area contributed by atoms with Gasteiger partial charge in [-0.2, -0.15) is 5.10 Å². The fraction of sp³-hybridized carbons (Fsp3) is 0.556. The Morgan fingerprint density at radius 3 is 3.00 bits per heavy atom. The van der Waals surface area contributed by atoms with Crippen LogP contribution in [-0.2, 0) is 7.05 Å². The van der Waals surface area contributed by atoms with E-state index in [0.717, 1.165) is 6.42 Å². The normalized spacial score (nSPS) is 12.5. The number of alkyl halides is 1. The Balaban J connectivity index is 2.40. The van der Waals surface area contributed by atoms with E-state index in [0.29, 0.717) is 17.1 Å². The van der Waals surface area contributed by atoms with Gasteiger partial charge in [0.05, 0.1) is 0 Å². The molecule has 0 aliphatic rings. The molecular formula is C9H14BrN3O. The molecule has 1 amide bonds.